The third-order valence-corrected chi connectivity index (χ3v) is 5.10. The Kier molecular flexibility index (Phi) is 5.65. The molecule has 24 heavy (non-hydrogen) atoms. The Morgan fingerprint density at radius 3 is 2.42 bits per heavy atom. The Hall–Kier alpha value is -2.13. The molecule has 0 aliphatic carbocycles. The summed E-state index contributed by atoms with van der Waals surface area (Å²) in [5.41, 5.74) is 2.62. The zero-order valence-electron chi connectivity index (χ0n) is 13.9. The van der Waals surface area contributed by atoms with Crippen LogP contribution in [0.15, 0.2) is 60.7 Å². The van der Waals surface area contributed by atoms with Crippen molar-refractivity contribution >= 4 is 5.97 Å². The highest BCUT2D eigenvalue weighted by Crippen LogP contribution is 2.36. The molecule has 2 N–H and O–H groups in total. The van der Waals surface area contributed by atoms with Crippen molar-refractivity contribution in [3.63, 3.8) is 0 Å². The minimum absolute atomic E-state index is 0.167. The van der Waals surface area contributed by atoms with Crippen molar-refractivity contribution in [2.45, 2.75) is 37.6 Å². The molecule has 0 aromatic heterocycles. The van der Waals surface area contributed by atoms with Gasteiger partial charge in [0, 0.05) is 0 Å². The molecule has 1 heterocycles. The zero-order valence-corrected chi connectivity index (χ0v) is 13.9. The number of nitrogens with one attached hydrogen (secondary N) is 1. The van der Waals surface area contributed by atoms with Gasteiger partial charge in [-0.15, -0.1) is 0 Å². The number of aryl methyl sites for hydroxylation is 1. The molecule has 1 aliphatic rings. The average Bonchev–Trinajstić information content (AvgIpc) is 3.10. The van der Waals surface area contributed by atoms with Crippen molar-refractivity contribution in [2.24, 2.45) is 5.92 Å². The van der Waals surface area contributed by atoms with Crippen LogP contribution in [0.5, 0.6) is 0 Å². The molecule has 3 atom stereocenters. The van der Waals surface area contributed by atoms with Gasteiger partial charge in [0.25, 0.3) is 0 Å². The highest BCUT2D eigenvalue weighted by molar-refractivity contribution is 5.74. The van der Waals surface area contributed by atoms with E-state index in [0.29, 0.717) is 5.92 Å². The van der Waals surface area contributed by atoms with Gasteiger partial charge in [0.2, 0.25) is 0 Å². The Morgan fingerprint density at radius 2 is 1.75 bits per heavy atom. The fourth-order valence-corrected chi connectivity index (χ4v) is 3.93. The van der Waals surface area contributed by atoms with Gasteiger partial charge in [-0.05, 0) is 55.2 Å². The van der Waals surface area contributed by atoms with Crippen LogP contribution >= 0.6 is 0 Å². The fraction of sp³-hybridized carbons (Fsp3) is 0.381. The highest BCUT2D eigenvalue weighted by Gasteiger charge is 2.38. The van der Waals surface area contributed by atoms with E-state index in [2.05, 4.69) is 53.8 Å². The number of carbonyl (C=O) groups is 1. The zero-order chi connectivity index (χ0) is 16.8. The lowest BCUT2D eigenvalue weighted by molar-refractivity contribution is -0.140. The molecule has 126 valence electrons. The predicted octanol–water partition coefficient (Wildman–Crippen LogP) is 3.86. The first-order valence-corrected chi connectivity index (χ1v) is 8.81. The van der Waals surface area contributed by atoms with E-state index in [9.17, 15) is 9.90 Å². The van der Waals surface area contributed by atoms with Gasteiger partial charge in [-0.1, -0.05) is 60.7 Å². The number of carboxylic acids is 1. The van der Waals surface area contributed by atoms with E-state index in [-0.39, 0.29) is 5.92 Å². The van der Waals surface area contributed by atoms with E-state index in [4.69, 9.17) is 0 Å². The van der Waals surface area contributed by atoms with E-state index in [1.165, 1.54) is 11.1 Å². The standard InChI is InChI=1S/C21H25NO2/c23-21(24)20-19(14-15-22-20)18(17-11-5-2-6-12-17)13-7-10-16-8-3-1-4-9-16/h1-6,8-9,11-12,18-20,22H,7,10,13-15H2,(H,23,24)/t18?,19?,20-/m0/s1. The van der Waals surface area contributed by atoms with E-state index < -0.39 is 12.0 Å². The van der Waals surface area contributed by atoms with Crippen LogP contribution in [0, 0.1) is 5.92 Å². The number of aliphatic carboxylic acids is 1. The van der Waals surface area contributed by atoms with Crippen molar-refractivity contribution in [2.75, 3.05) is 6.54 Å². The van der Waals surface area contributed by atoms with Gasteiger partial charge in [0.1, 0.15) is 6.04 Å². The van der Waals surface area contributed by atoms with E-state index in [0.717, 1.165) is 32.2 Å². The minimum atomic E-state index is -0.721. The molecule has 0 bridgehead atoms. The molecule has 2 unspecified atom stereocenters. The first kappa shape index (κ1) is 16.7. The third kappa shape index (κ3) is 4.04. The molecule has 1 aliphatic heterocycles. The maximum absolute atomic E-state index is 11.6. The summed E-state index contributed by atoms with van der Waals surface area (Å²) in [7, 11) is 0. The second-order valence-corrected chi connectivity index (χ2v) is 6.62. The number of carboxylic acid groups (broad SMARTS) is 1. The largest absolute Gasteiger partial charge is 0.480 e. The summed E-state index contributed by atoms with van der Waals surface area (Å²) in [6, 6.07) is 20.5. The topological polar surface area (TPSA) is 49.3 Å². The van der Waals surface area contributed by atoms with E-state index >= 15 is 0 Å². The smallest absolute Gasteiger partial charge is 0.321 e. The van der Waals surface area contributed by atoms with Crippen molar-refractivity contribution in [3.05, 3.63) is 71.8 Å². The summed E-state index contributed by atoms with van der Waals surface area (Å²) in [4.78, 5) is 11.6. The van der Waals surface area contributed by atoms with Crippen molar-refractivity contribution in [3.8, 4) is 0 Å². The molecular weight excluding hydrogens is 298 g/mol. The maximum atomic E-state index is 11.6. The molecule has 3 nitrogen and oxygen atoms in total. The maximum Gasteiger partial charge on any atom is 0.321 e. The lowest BCUT2D eigenvalue weighted by Gasteiger charge is -2.27. The molecule has 0 amide bonds. The normalized spacial score (nSPS) is 21.5. The van der Waals surface area contributed by atoms with Crippen LogP contribution in [0.4, 0.5) is 0 Å². The van der Waals surface area contributed by atoms with Gasteiger partial charge >= 0.3 is 5.97 Å². The molecule has 3 heteroatoms. The Bertz CT molecular complexity index is 641. The summed E-state index contributed by atoms with van der Waals surface area (Å²) in [6.07, 6.45) is 4.07. The first-order valence-electron chi connectivity index (χ1n) is 8.81. The average molecular weight is 323 g/mol. The van der Waals surface area contributed by atoms with Gasteiger partial charge in [0.05, 0.1) is 0 Å². The van der Waals surface area contributed by atoms with Gasteiger partial charge in [0.15, 0.2) is 0 Å². The second kappa shape index (κ2) is 8.11. The minimum Gasteiger partial charge on any atom is -0.480 e. The monoisotopic (exact) mass is 323 g/mol. The molecule has 0 spiro atoms. The second-order valence-electron chi connectivity index (χ2n) is 6.62. The molecular formula is C21H25NO2. The summed E-state index contributed by atoms with van der Waals surface area (Å²) >= 11 is 0. The van der Waals surface area contributed by atoms with Crippen LogP contribution in [0.1, 0.15) is 36.3 Å². The van der Waals surface area contributed by atoms with Crippen molar-refractivity contribution in [1.82, 2.24) is 5.32 Å². The summed E-state index contributed by atoms with van der Waals surface area (Å²) in [5, 5.41) is 12.7. The van der Waals surface area contributed by atoms with Crippen LogP contribution in [0.3, 0.4) is 0 Å². The Labute approximate surface area is 143 Å². The quantitative estimate of drug-likeness (QED) is 0.813. The fourth-order valence-electron chi connectivity index (χ4n) is 3.93. The molecule has 1 fully saturated rings. The summed E-state index contributed by atoms with van der Waals surface area (Å²) < 4.78 is 0. The third-order valence-electron chi connectivity index (χ3n) is 5.10. The van der Waals surface area contributed by atoms with Crippen molar-refractivity contribution in [1.29, 1.82) is 0 Å². The van der Waals surface area contributed by atoms with Gasteiger partial charge < -0.3 is 10.4 Å². The first-order chi connectivity index (χ1) is 11.8. The summed E-state index contributed by atoms with van der Waals surface area (Å²) in [6.45, 7) is 0.795. The molecule has 3 rings (SSSR count). The highest BCUT2D eigenvalue weighted by atomic mass is 16.4. The van der Waals surface area contributed by atoms with E-state index in [1.54, 1.807) is 0 Å². The molecule has 0 saturated carbocycles. The molecule has 0 radical (unpaired) electrons. The number of hydrogen-bond acceptors (Lipinski definition) is 2. The summed E-state index contributed by atoms with van der Waals surface area (Å²) in [5.74, 6) is -0.256. The van der Waals surface area contributed by atoms with Crippen LogP contribution in [0.25, 0.3) is 0 Å². The van der Waals surface area contributed by atoms with Crippen LogP contribution in [-0.2, 0) is 11.2 Å². The Balaban J connectivity index is 1.72. The predicted molar refractivity (Wildman–Crippen MR) is 96.1 cm³/mol. The number of rotatable bonds is 7. The van der Waals surface area contributed by atoms with Gasteiger partial charge in [-0.2, -0.15) is 0 Å². The van der Waals surface area contributed by atoms with Crippen molar-refractivity contribution < 1.29 is 9.90 Å². The van der Waals surface area contributed by atoms with Gasteiger partial charge in [-0.25, -0.2) is 0 Å². The lowest BCUT2D eigenvalue weighted by Crippen LogP contribution is -2.37. The number of hydrogen-bond donors (Lipinski definition) is 2. The van der Waals surface area contributed by atoms with Gasteiger partial charge in [-0.3, -0.25) is 4.79 Å². The SMILES string of the molecule is O=C(O)[C@H]1NCCC1C(CCCc1ccccc1)c1ccccc1. The lowest BCUT2D eigenvalue weighted by atomic mass is 9.78. The van der Waals surface area contributed by atoms with Crippen LogP contribution < -0.4 is 5.32 Å². The number of benzene rings is 2. The van der Waals surface area contributed by atoms with E-state index in [1.807, 2.05) is 12.1 Å². The molecule has 1 saturated heterocycles. The molecule has 2 aromatic carbocycles. The van der Waals surface area contributed by atoms with Crippen LogP contribution in [-0.4, -0.2) is 23.7 Å². The molecule has 2 aromatic rings. The van der Waals surface area contributed by atoms with Crippen LogP contribution in [0.2, 0.25) is 0 Å². The Morgan fingerprint density at radius 1 is 1.08 bits per heavy atom.